The zero-order chi connectivity index (χ0) is 8.65. The van der Waals surface area contributed by atoms with Gasteiger partial charge in [0, 0.05) is 24.2 Å². The van der Waals surface area contributed by atoms with E-state index in [1.54, 1.807) is 0 Å². The lowest BCUT2D eigenvalue weighted by molar-refractivity contribution is 0.242. The van der Waals surface area contributed by atoms with Crippen molar-refractivity contribution in [3.63, 3.8) is 0 Å². The topological polar surface area (TPSA) is 15.3 Å². The Bertz CT molecular complexity index is 176. The van der Waals surface area contributed by atoms with Crippen LogP contribution in [0.5, 0.6) is 0 Å². The standard InChI is InChI=1S/C9H18N2/c1-7-6-8(9(2,3)4)10-11(7)5/h6-7,10H,1-5H3/t7-/m0/s1. The van der Waals surface area contributed by atoms with Crippen molar-refractivity contribution in [3.8, 4) is 0 Å². The van der Waals surface area contributed by atoms with Gasteiger partial charge in [-0.1, -0.05) is 20.8 Å². The largest absolute Gasteiger partial charge is 0.322 e. The average Bonchev–Trinajstić information content (AvgIpc) is 2.11. The van der Waals surface area contributed by atoms with E-state index in [0.717, 1.165) is 0 Å². The van der Waals surface area contributed by atoms with E-state index in [4.69, 9.17) is 0 Å². The van der Waals surface area contributed by atoms with E-state index in [1.807, 2.05) is 0 Å². The van der Waals surface area contributed by atoms with Crippen molar-refractivity contribution < 1.29 is 0 Å². The number of nitrogens with one attached hydrogen (secondary N) is 1. The molecule has 0 fully saturated rings. The molecule has 0 spiro atoms. The molecule has 0 aromatic carbocycles. The molecule has 0 aliphatic carbocycles. The fourth-order valence-corrected chi connectivity index (χ4v) is 1.10. The van der Waals surface area contributed by atoms with Crippen molar-refractivity contribution in [1.29, 1.82) is 0 Å². The summed E-state index contributed by atoms with van der Waals surface area (Å²) in [5, 5.41) is 2.13. The number of nitrogens with zero attached hydrogens (tertiary/aromatic N) is 1. The zero-order valence-electron chi connectivity index (χ0n) is 8.10. The maximum absolute atomic E-state index is 3.34. The molecule has 0 saturated carbocycles. The summed E-state index contributed by atoms with van der Waals surface area (Å²) in [5.41, 5.74) is 4.91. The van der Waals surface area contributed by atoms with Crippen molar-refractivity contribution in [3.05, 3.63) is 11.8 Å². The van der Waals surface area contributed by atoms with E-state index >= 15 is 0 Å². The van der Waals surface area contributed by atoms with Crippen molar-refractivity contribution in [2.24, 2.45) is 5.41 Å². The second-order valence-corrected chi connectivity index (χ2v) is 4.29. The van der Waals surface area contributed by atoms with E-state index in [9.17, 15) is 0 Å². The molecule has 0 radical (unpaired) electrons. The predicted molar refractivity (Wildman–Crippen MR) is 47.9 cm³/mol. The molecule has 1 atom stereocenters. The van der Waals surface area contributed by atoms with Gasteiger partial charge in [-0.05, 0) is 13.0 Å². The Morgan fingerprint density at radius 2 is 2.00 bits per heavy atom. The van der Waals surface area contributed by atoms with Crippen LogP contribution in [0.1, 0.15) is 27.7 Å². The van der Waals surface area contributed by atoms with Crippen LogP contribution in [0.15, 0.2) is 11.8 Å². The molecule has 0 aromatic heterocycles. The quantitative estimate of drug-likeness (QED) is 0.572. The molecule has 11 heavy (non-hydrogen) atoms. The van der Waals surface area contributed by atoms with Crippen LogP contribution in [0.3, 0.4) is 0 Å². The molecule has 1 aliphatic rings. The molecular formula is C9H18N2. The van der Waals surface area contributed by atoms with Gasteiger partial charge in [-0.3, -0.25) is 0 Å². The molecule has 2 nitrogen and oxygen atoms in total. The number of hydrogen-bond donors (Lipinski definition) is 1. The summed E-state index contributed by atoms with van der Waals surface area (Å²) in [6.07, 6.45) is 2.28. The highest BCUT2D eigenvalue weighted by Gasteiger charge is 2.25. The van der Waals surface area contributed by atoms with E-state index in [2.05, 4.69) is 51.3 Å². The van der Waals surface area contributed by atoms with Crippen LogP contribution in [0.4, 0.5) is 0 Å². The minimum absolute atomic E-state index is 0.249. The van der Waals surface area contributed by atoms with Gasteiger partial charge in [0.25, 0.3) is 0 Å². The molecule has 0 amide bonds. The summed E-state index contributed by atoms with van der Waals surface area (Å²) in [6.45, 7) is 8.85. The number of hydrazine groups is 1. The SMILES string of the molecule is C[C@H]1C=C(C(C)(C)C)NN1C. The number of allylic oxidation sites excluding steroid dienone is 1. The van der Waals surface area contributed by atoms with Gasteiger partial charge in [0.1, 0.15) is 0 Å². The Morgan fingerprint density at radius 3 is 2.18 bits per heavy atom. The lowest BCUT2D eigenvalue weighted by Crippen LogP contribution is -2.35. The normalized spacial score (nSPS) is 26.6. The van der Waals surface area contributed by atoms with Gasteiger partial charge in [-0.15, -0.1) is 0 Å². The lowest BCUT2D eigenvalue weighted by Gasteiger charge is -2.23. The maximum atomic E-state index is 3.34. The summed E-state index contributed by atoms with van der Waals surface area (Å²) in [6, 6.07) is 0.518. The monoisotopic (exact) mass is 154 g/mol. The van der Waals surface area contributed by atoms with Crippen LogP contribution in [0, 0.1) is 5.41 Å². The summed E-state index contributed by atoms with van der Waals surface area (Å²) in [5.74, 6) is 0. The average molecular weight is 154 g/mol. The first-order valence-corrected chi connectivity index (χ1v) is 4.13. The number of hydrogen-bond acceptors (Lipinski definition) is 2. The molecule has 1 N–H and O–H groups in total. The first kappa shape index (κ1) is 8.60. The van der Waals surface area contributed by atoms with E-state index in [1.165, 1.54) is 5.70 Å². The van der Waals surface area contributed by atoms with Gasteiger partial charge >= 0.3 is 0 Å². The summed E-state index contributed by atoms with van der Waals surface area (Å²) >= 11 is 0. The highest BCUT2D eigenvalue weighted by atomic mass is 15.5. The van der Waals surface area contributed by atoms with Crippen molar-refractivity contribution in [2.75, 3.05) is 7.05 Å². The van der Waals surface area contributed by atoms with E-state index in [-0.39, 0.29) is 5.41 Å². The second kappa shape index (κ2) is 2.52. The fraction of sp³-hybridized carbons (Fsp3) is 0.778. The van der Waals surface area contributed by atoms with Crippen LogP contribution < -0.4 is 5.43 Å². The molecule has 0 saturated heterocycles. The number of rotatable bonds is 0. The highest BCUT2D eigenvalue weighted by molar-refractivity contribution is 5.15. The highest BCUT2D eigenvalue weighted by Crippen LogP contribution is 2.26. The fourth-order valence-electron chi connectivity index (χ4n) is 1.10. The third kappa shape index (κ3) is 1.74. The Hall–Kier alpha value is -0.500. The predicted octanol–water partition coefficient (Wildman–Crippen LogP) is 1.75. The molecule has 1 rings (SSSR count). The van der Waals surface area contributed by atoms with Gasteiger partial charge < -0.3 is 5.43 Å². The van der Waals surface area contributed by atoms with Crippen molar-refractivity contribution in [1.82, 2.24) is 10.4 Å². The van der Waals surface area contributed by atoms with Gasteiger partial charge in [0.2, 0.25) is 0 Å². The maximum Gasteiger partial charge on any atom is 0.0459 e. The third-order valence-corrected chi connectivity index (χ3v) is 2.12. The van der Waals surface area contributed by atoms with E-state index < -0.39 is 0 Å². The zero-order valence-corrected chi connectivity index (χ0v) is 8.10. The summed E-state index contributed by atoms with van der Waals surface area (Å²) in [4.78, 5) is 0. The van der Waals surface area contributed by atoms with E-state index in [0.29, 0.717) is 6.04 Å². The van der Waals surface area contributed by atoms with Gasteiger partial charge in [-0.2, -0.15) is 0 Å². The molecular weight excluding hydrogens is 136 g/mol. The second-order valence-electron chi connectivity index (χ2n) is 4.29. The Kier molecular flexibility index (Phi) is 1.97. The minimum Gasteiger partial charge on any atom is -0.322 e. The molecule has 64 valence electrons. The Labute approximate surface area is 69.2 Å². The van der Waals surface area contributed by atoms with Crippen LogP contribution in [-0.2, 0) is 0 Å². The number of likely N-dealkylation sites (N-methyl/N-ethyl adjacent to an activating group) is 1. The lowest BCUT2D eigenvalue weighted by atomic mass is 9.92. The molecule has 0 aromatic rings. The Balaban J connectivity index is 2.71. The van der Waals surface area contributed by atoms with Crippen LogP contribution in [0.25, 0.3) is 0 Å². The summed E-state index contributed by atoms with van der Waals surface area (Å²) < 4.78 is 0. The summed E-state index contributed by atoms with van der Waals surface area (Å²) in [7, 11) is 2.07. The van der Waals surface area contributed by atoms with Crippen LogP contribution >= 0.6 is 0 Å². The first-order valence-electron chi connectivity index (χ1n) is 4.13. The molecule has 1 heterocycles. The van der Waals surface area contributed by atoms with Crippen molar-refractivity contribution >= 4 is 0 Å². The molecule has 0 bridgehead atoms. The van der Waals surface area contributed by atoms with Gasteiger partial charge in [0.15, 0.2) is 0 Å². The molecule has 0 unspecified atom stereocenters. The van der Waals surface area contributed by atoms with Gasteiger partial charge in [-0.25, -0.2) is 5.01 Å². The third-order valence-electron chi connectivity index (χ3n) is 2.12. The smallest absolute Gasteiger partial charge is 0.0459 e. The van der Waals surface area contributed by atoms with Crippen molar-refractivity contribution in [2.45, 2.75) is 33.7 Å². The molecule has 1 aliphatic heterocycles. The first-order chi connectivity index (χ1) is 4.91. The van der Waals surface area contributed by atoms with Gasteiger partial charge in [0.05, 0.1) is 0 Å². The van der Waals surface area contributed by atoms with Crippen LogP contribution in [-0.4, -0.2) is 18.1 Å². The minimum atomic E-state index is 0.249. The Morgan fingerprint density at radius 1 is 1.45 bits per heavy atom. The molecule has 2 heteroatoms. The van der Waals surface area contributed by atoms with Crippen LogP contribution in [0.2, 0.25) is 0 Å².